The van der Waals surface area contributed by atoms with Gasteiger partial charge in [-0.1, -0.05) is 18.2 Å². The van der Waals surface area contributed by atoms with Crippen molar-refractivity contribution in [2.24, 2.45) is 0 Å². The first-order chi connectivity index (χ1) is 19.9. The standard InChI is InChI=1S/C29H26F3N7O3/c1-17-10-11-23(37-27(41)19-6-4-7-20(12-19)29(30,31)32)14-24(17)38-28(42)39(3)26-15-25(33-16-34-26)36-22-9-5-8-21(13-22)35-18(2)40/h4-16H,1-3H3,(H,35,40)(H,37,41)(H,38,42)(H,33,34,36). The summed E-state index contributed by atoms with van der Waals surface area (Å²) in [6, 6.07) is 16.8. The number of urea groups is 1. The first-order valence-electron chi connectivity index (χ1n) is 12.5. The van der Waals surface area contributed by atoms with Gasteiger partial charge in [0.05, 0.1) is 5.56 Å². The van der Waals surface area contributed by atoms with Crippen molar-refractivity contribution in [1.82, 2.24) is 9.97 Å². The van der Waals surface area contributed by atoms with Crippen molar-refractivity contribution in [3.63, 3.8) is 0 Å². The molecule has 0 atom stereocenters. The number of nitrogens with one attached hydrogen (secondary N) is 4. The predicted octanol–water partition coefficient (Wildman–Crippen LogP) is 6.43. The summed E-state index contributed by atoms with van der Waals surface area (Å²) < 4.78 is 39.1. The van der Waals surface area contributed by atoms with Crippen LogP contribution in [-0.2, 0) is 11.0 Å². The lowest BCUT2D eigenvalue weighted by molar-refractivity contribution is -0.137. The van der Waals surface area contributed by atoms with Crippen LogP contribution in [-0.4, -0.2) is 34.9 Å². The van der Waals surface area contributed by atoms with E-state index in [9.17, 15) is 27.6 Å². The maximum atomic E-state index is 13.1. The number of halogens is 3. The van der Waals surface area contributed by atoms with Gasteiger partial charge in [0.2, 0.25) is 5.91 Å². The average molecular weight is 578 g/mol. The Morgan fingerprint density at radius 2 is 1.52 bits per heavy atom. The molecular formula is C29H26F3N7O3. The van der Waals surface area contributed by atoms with E-state index in [-0.39, 0.29) is 23.0 Å². The molecule has 4 N–H and O–H groups in total. The number of hydrogen-bond acceptors (Lipinski definition) is 6. The summed E-state index contributed by atoms with van der Waals surface area (Å²) in [7, 11) is 1.51. The molecule has 4 amide bonds. The second kappa shape index (κ2) is 12.4. The molecule has 4 aromatic rings. The van der Waals surface area contributed by atoms with E-state index in [2.05, 4.69) is 31.2 Å². The highest BCUT2D eigenvalue weighted by Gasteiger charge is 2.31. The number of aromatic nitrogens is 2. The fourth-order valence-electron chi connectivity index (χ4n) is 3.80. The zero-order chi connectivity index (χ0) is 30.4. The van der Waals surface area contributed by atoms with E-state index in [1.807, 2.05) is 0 Å². The number of carbonyl (C=O) groups is 3. The predicted molar refractivity (Wildman–Crippen MR) is 154 cm³/mol. The summed E-state index contributed by atoms with van der Waals surface area (Å²) in [6.07, 6.45) is -3.29. The fraction of sp³-hybridized carbons (Fsp3) is 0.138. The van der Waals surface area contributed by atoms with Crippen LogP contribution >= 0.6 is 0 Å². The van der Waals surface area contributed by atoms with Crippen molar-refractivity contribution in [2.75, 3.05) is 33.2 Å². The zero-order valence-corrected chi connectivity index (χ0v) is 22.7. The highest BCUT2D eigenvalue weighted by molar-refractivity contribution is 6.05. The first kappa shape index (κ1) is 29.5. The molecule has 1 aromatic heterocycles. The van der Waals surface area contributed by atoms with Crippen LogP contribution in [0.4, 0.5) is 52.4 Å². The Kier molecular flexibility index (Phi) is 8.70. The van der Waals surface area contributed by atoms with Gasteiger partial charge in [-0.25, -0.2) is 14.8 Å². The Morgan fingerprint density at radius 1 is 0.810 bits per heavy atom. The summed E-state index contributed by atoms with van der Waals surface area (Å²) in [5, 5.41) is 11.1. The molecule has 1 heterocycles. The highest BCUT2D eigenvalue weighted by Crippen LogP contribution is 2.30. The van der Waals surface area contributed by atoms with Crippen LogP contribution in [0.25, 0.3) is 0 Å². The summed E-state index contributed by atoms with van der Waals surface area (Å²) in [5.41, 5.74) is 1.48. The minimum absolute atomic E-state index is 0.161. The number of rotatable bonds is 7. The van der Waals surface area contributed by atoms with Gasteiger partial charge < -0.3 is 21.3 Å². The molecule has 42 heavy (non-hydrogen) atoms. The Hall–Kier alpha value is -5.46. The second-order valence-electron chi connectivity index (χ2n) is 9.20. The molecule has 4 rings (SSSR count). The molecule has 3 aromatic carbocycles. The van der Waals surface area contributed by atoms with E-state index in [0.717, 1.165) is 18.2 Å². The van der Waals surface area contributed by atoms with E-state index in [0.29, 0.717) is 28.4 Å². The van der Waals surface area contributed by atoms with Crippen LogP contribution in [0.5, 0.6) is 0 Å². The number of amides is 4. The number of anilines is 6. The van der Waals surface area contributed by atoms with Crippen LogP contribution in [0.15, 0.2) is 79.1 Å². The van der Waals surface area contributed by atoms with Crippen LogP contribution in [0.3, 0.4) is 0 Å². The molecule has 13 heteroatoms. The molecule has 0 fully saturated rings. The van der Waals surface area contributed by atoms with Crippen molar-refractivity contribution >= 4 is 52.2 Å². The molecule has 0 aliphatic rings. The summed E-state index contributed by atoms with van der Waals surface area (Å²) in [4.78, 5) is 46.6. The Morgan fingerprint density at radius 3 is 2.26 bits per heavy atom. The lowest BCUT2D eigenvalue weighted by atomic mass is 10.1. The number of aryl methyl sites for hydroxylation is 1. The normalized spacial score (nSPS) is 10.9. The molecule has 0 radical (unpaired) electrons. The molecule has 0 saturated heterocycles. The minimum Gasteiger partial charge on any atom is -0.340 e. The summed E-state index contributed by atoms with van der Waals surface area (Å²) in [6.45, 7) is 3.15. The largest absolute Gasteiger partial charge is 0.416 e. The number of benzene rings is 3. The van der Waals surface area contributed by atoms with E-state index in [1.165, 1.54) is 37.3 Å². The Labute approximate surface area is 239 Å². The number of hydrogen-bond donors (Lipinski definition) is 4. The third kappa shape index (κ3) is 7.59. The maximum Gasteiger partial charge on any atom is 0.416 e. The topological polar surface area (TPSA) is 128 Å². The number of alkyl halides is 3. The molecule has 0 aliphatic carbocycles. The first-order valence-corrected chi connectivity index (χ1v) is 12.5. The van der Waals surface area contributed by atoms with Crippen molar-refractivity contribution in [1.29, 1.82) is 0 Å². The molecule has 0 saturated carbocycles. The van der Waals surface area contributed by atoms with Crippen molar-refractivity contribution < 1.29 is 27.6 Å². The Bertz CT molecular complexity index is 1640. The number of nitrogens with zero attached hydrogens (tertiary/aromatic N) is 3. The van der Waals surface area contributed by atoms with Crippen molar-refractivity contribution in [3.05, 3.63) is 95.8 Å². The third-order valence-corrected chi connectivity index (χ3v) is 5.95. The SMILES string of the molecule is CC(=O)Nc1cccc(Nc2cc(N(C)C(=O)Nc3cc(NC(=O)c4cccc(C(F)(F)F)c4)ccc3C)ncn2)c1. The van der Waals surface area contributed by atoms with Gasteiger partial charge in [0.25, 0.3) is 5.91 Å². The quantitative estimate of drug-likeness (QED) is 0.201. The van der Waals surface area contributed by atoms with E-state index < -0.39 is 23.7 Å². The smallest absolute Gasteiger partial charge is 0.340 e. The van der Waals surface area contributed by atoms with Gasteiger partial charge in [-0.2, -0.15) is 13.2 Å². The molecule has 0 aliphatic heterocycles. The molecule has 10 nitrogen and oxygen atoms in total. The summed E-state index contributed by atoms with van der Waals surface area (Å²) in [5.74, 6) is -0.268. The molecule has 0 spiro atoms. The lowest BCUT2D eigenvalue weighted by Crippen LogP contribution is -2.32. The van der Waals surface area contributed by atoms with Gasteiger partial charge in [-0.15, -0.1) is 0 Å². The molecular weight excluding hydrogens is 551 g/mol. The van der Waals surface area contributed by atoms with E-state index in [4.69, 9.17) is 0 Å². The lowest BCUT2D eigenvalue weighted by Gasteiger charge is -2.19. The fourth-order valence-corrected chi connectivity index (χ4v) is 3.80. The Balaban J connectivity index is 1.45. The van der Waals surface area contributed by atoms with E-state index >= 15 is 0 Å². The van der Waals surface area contributed by atoms with Crippen LogP contribution < -0.4 is 26.2 Å². The van der Waals surface area contributed by atoms with Crippen LogP contribution in [0.2, 0.25) is 0 Å². The van der Waals surface area contributed by atoms with Gasteiger partial charge >= 0.3 is 12.2 Å². The number of carbonyl (C=O) groups excluding carboxylic acids is 3. The van der Waals surface area contributed by atoms with Crippen LogP contribution in [0.1, 0.15) is 28.4 Å². The van der Waals surface area contributed by atoms with Gasteiger partial charge in [0.1, 0.15) is 18.0 Å². The van der Waals surface area contributed by atoms with Crippen molar-refractivity contribution in [3.8, 4) is 0 Å². The van der Waals surface area contributed by atoms with Gasteiger partial charge in [-0.05, 0) is 61.0 Å². The second-order valence-corrected chi connectivity index (χ2v) is 9.20. The third-order valence-electron chi connectivity index (χ3n) is 5.95. The minimum atomic E-state index is -4.58. The van der Waals surface area contributed by atoms with Gasteiger partial charge in [0, 0.05) is 48.4 Å². The van der Waals surface area contributed by atoms with Gasteiger partial charge in [-0.3, -0.25) is 14.5 Å². The maximum absolute atomic E-state index is 13.1. The molecule has 0 unspecified atom stereocenters. The zero-order valence-electron chi connectivity index (χ0n) is 22.7. The molecule has 0 bridgehead atoms. The van der Waals surface area contributed by atoms with Crippen molar-refractivity contribution in [2.45, 2.75) is 20.0 Å². The summed E-state index contributed by atoms with van der Waals surface area (Å²) >= 11 is 0. The van der Waals surface area contributed by atoms with Crippen LogP contribution in [0, 0.1) is 6.92 Å². The monoisotopic (exact) mass is 577 g/mol. The highest BCUT2D eigenvalue weighted by atomic mass is 19.4. The van der Waals surface area contributed by atoms with Gasteiger partial charge in [0.15, 0.2) is 0 Å². The van der Waals surface area contributed by atoms with E-state index in [1.54, 1.807) is 49.4 Å². The average Bonchev–Trinajstić information content (AvgIpc) is 2.94. The molecule has 216 valence electrons.